The predicted molar refractivity (Wildman–Crippen MR) is 104 cm³/mol. The normalized spacial score (nSPS) is 21.8. The van der Waals surface area contributed by atoms with Gasteiger partial charge in [0.15, 0.2) is 0 Å². The minimum atomic E-state index is -0.00851. The van der Waals surface area contributed by atoms with Gasteiger partial charge in [0.2, 0.25) is 11.8 Å². The van der Waals surface area contributed by atoms with Crippen LogP contribution in [0.4, 0.5) is 0 Å². The summed E-state index contributed by atoms with van der Waals surface area (Å²) in [5, 5.41) is 6.08. The van der Waals surface area contributed by atoms with E-state index in [0.29, 0.717) is 18.4 Å². The number of carbonyl (C=O) groups excluding carboxylic acids is 2. The molecule has 0 radical (unpaired) electrons. The lowest BCUT2D eigenvalue weighted by Gasteiger charge is -2.35. The molecule has 5 nitrogen and oxygen atoms in total. The largest absolute Gasteiger partial charge is 0.350 e. The monoisotopic (exact) mass is 377 g/mol. The van der Waals surface area contributed by atoms with Crippen molar-refractivity contribution in [2.24, 2.45) is 11.8 Å². The molecule has 2 aliphatic rings. The van der Waals surface area contributed by atoms with E-state index in [1.807, 2.05) is 19.2 Å². The third-order valence-corrected chi connectivity index (χ3v) is 6.63. The SMILES string of the molecule is CC(C)C(=O)NCc1csc(C2CCCN(C(=O)C3CCCCC3)C2)n1. The van der Waals surface area contributed by atoms with E-state index >= 15 is 0 Å². The Labute approximate surface area is 160 Å². The van der Waals surface area contributed by atoms with Crippen LogP contribution in [-0.4, -0.2) is 34.8 Å². The van der Waals surface area contributed by atoms with Gasteiger partial charge in [0.25, 0.3) is 0 Å². The molecule has 2 heterocycles. The fourth-order valence-corrected chi connectivity index (χ4v) is 4.91. The van der Waals surface area contributed by atoms with Crippen LogP contribution in [0.2, 0.25) is 0 Å². The number of rotatable bonds is 5. The van der Waals surface area contributed by atoms with Crippen molar-refractivity contribution in [2.75, 3.05) is 13.1 Å². The molecular weight excluding hydrogens is 346 g/mol. The summed E-state index contributed by atoms with van der Waals surface area (Å²) in [5.41, 5.74) is 0.926. The number of nitrogens with zero attached hydrogens (tertiary/aromatic N) is 2. The number of likely N-dealkylation sites (tertiary alicyclic amines) is 1. The van der Waals surface area contributed by atoms with E-state index in [4.69, 9.17) is 4.98 Å². The van der Waals surface area contributed by atoms with Gasteiger partial charge in [-0.05, 0) is 25.7 Å². The molecule has 144 valence electrons. The van der Waals surface area contributed by atoms with E-state index in [2.05, 4.69) is 10.2 Å². The number of piperidine rings is 1. The van der Waals surface area contributed by atoms with Crippen molar-refractivity contribution in [3.05, 3.63) is 16.1 Å². The fraction of sp³-hybridized carbons (Fsp3) is 0.750. The average Bonchev–Trinajstić information content (AvgIpc) is 3.15. The zero-order valence-electron chi connectivity index (χ0n) is 16.0. The maximum atomic E-state index is 12.8. The molecular formula is C20H31N3O2S. The first kappa shape index (κ1) is 19.3. The van der Waals surface area contributed by atoms with E-state index in [1.165, 1.54) is 19.3 Å². The van der Waals surface area contributed by atoms with Crippen LogP contribution in [0.15, 0.2) is 5.38 Å². The van der Waals surface area contributed by atoms with Crippen molar-refractivity contribution in [3.63, 3.8) is 0 Å². The third kappa shape index (κ3) is 4.84. The summed E-state index contributed by atoms with van der Waals surface area (Å²) in [4.78, 5) is 31.4. The maximum Gasteiger partial charge on any atom is 0.225 e. The Hall–Kier alpha value is -1.43. The second-order valence-electron chi connectivity index (χ2n) is 8.01. The molecule has 1 saturated heterocycles. The molecule has 1 aliphatic carbocycles. The first-order valence-electron chi connectivity index (χ1n) is 10.1. The van der Waals surface area contributed by atoms with Gasteiger partial charge < -0.3 is 10.2 Å². The molecule has 2 amide bonds. The molecule has 26 heavy (non-hydrogen) atoms. The molecule has 1 atom stereocenters. The van der Waals surface area contributed by atoms with E-state index in [1.54, 1.807) is 11.3 Å². The molecule has 3 rings (SSSR count). The molecule has 1 unspecified atom stereocenters. The van der Waals surface area contributed by atoms with Crippen LogP contribution in [0.3, 0.4) is 0 Å². The van der Waals surface area contributed by atoms with Gasteiger partial charge in [-0.15, -0.1) is 11.3 Å². The zero-order chi connectivity index (χ0) is 18.5. The van der Waals surface area contributed by atoms with Crippen molar-refractivity contribution in [3.8, 4) is 0 Å². The Bertz CT molecular complexity index is 622. The van der Waals surface area contributed by atoms with Gasteiger partial charge in [-0.3, -0.25) is 9.59 Å². The Morgan fingerprint density at radius 1 is 1.23 bits per heavy atom. The molecule has 1 aliphatic heterocycles. The smallest absolute Gasteiger partial charge is 0.225 e. The molecule has 1 N–H and O–H groups in total. The lowest BCUT2D eigenvalue weighted by atomic mass is 9.87. The van der Waals surface area contributed by atoms with Gasteiger partial charge in [0.1, 0.15) is 0 Å². The molecule has 1 aromatic rings. The highest BCUT2D eigenvalue weighted by atomic mass is 32.1. The highest BCUT2D eigenvalue weighted by Crippen LogP contribution is 2.32. The van der Waals surface area contributed by atoms with Gasteiger partial charge in [-0.25, -0.2) is 4.98 Å². The van der Waals surface area contributed by atoms with E-state index < -0.39 is 0 Å². The molecule has 6 heteroatoms. The van der Waals surface area contributed by atoms with Crippen molar-refractivity contribution < 1.29 is 9.59 Å². The van der Waals surface area contributed by atoms with Crippen LogP contribution in [-0.2, 0) is 16.1 Å². The maximum absolute atomic E-state index is 12.8. The van der Waals surface area contributed by atoms with E-state index in [-0.39, 0.29) is 17.7 Å². The van der Waals surface area contributed by atoms with Gasteiger partial charge in [-0.2, -0.15) is 0 Å². The molecule has 1 aromatic heterocycles. The fourth-order valence-electron chi connectivity index (χ4n) is 3.96. The summed E-state index contributed by atoms with van der Waals surface area (Å²) in [6.45, 7) is 5.98. The van der Waals surface area contributed by atoms with Gasteiger partial charge in [0, 0.05) is 36.2 Å². The average molecular weight is 378 g/mol. The topological polar surface area (TPSA) is 62.3 Å². The van der Waals surface area contributed by atoms with Crippen LogP contribution in [0.5, 0.6) is 0 Å². The van der Waals surface area contributed by atoms with Gasteiger partial charge in [0.05, 0.1) is 17.2 Å². The van der Waals surface area contributed by atoms with Crippen molar-refractivity contribution in [1.82, 2.24) is 15.2 Å². The second-order valence-corrected chi connectivity index (χ2v) is 8.90. The van der Waals surface area contributed by atoms with Crippen molar-refractivity contribution in [1.29, 1.82) is 0 Å². The first-order valence-corrected chi connectivity index (χ1v) is 10.9. The first-order chi connectivity index (χ1) is 12.5. The Morgan fingerprint density at radius 3 is 2.73 bits per heavy atom. The van der Waals surface area contributed by atoms with Crippen LogP contribution < -0.4 is 5.32 Å². The number of aromatic nitrogens is 1. The van der Waals surface area contributed by atoms with E-state index in [9.17, 15) is 9.59 Å². The summed E-state index contributed by atoms with van der Waals surface area (Å²) in [7, 11) is 0. The highest BCUT2D eigenvalue weighted by molar-refractivity contribution is 7.09. The molecule has 2 fully saturated rings. The third-order valence-electron chi connectivity index (χ3n) is 5.57. The number of hydrogen-bond donors (Lipinski definition) is 1. The molecule has 0 aromatic carbocycles. The van der Waals surface area contributed by atoms with E-state index in [0.717, 1.165) is 49.5 Å². The highest BCUT2D eigenvalue weighted by Gasteiger charge is 2.31. The van der Waals surface area contributed by atoms with Crippen LogP contribution in [0, 0.1) is 11.8 Å². The number of thiazole rings is 1. The summed E-state index contributed by atoms with van der Waals surface area (Å²) < 4.78 is 0. The lowest BCUT2D eigenvalue weighted by Crippen LogP contribution is -2.42. The standard InChI is InChI=1S/C20H31N3O2S/c1-14(2)18(24)21-11-17-13-26-19(22-17)16-9-6-10-23(12-16)20(25)15-7-4-3-5-8-15/h13-16H,3-12H2,1-2H3,(H,21,24). The lowest BCUT2D eigenvalue weighted by molar-refractivity contribution is -0.137. The Morgan fingerprint density at radius 2 is 2.00 bits per heavy atom. The van der Waals surface area contributed by atoms with Crippen molar-refractivity contribution in [2.45, 2.75) is 71.3 Å². The van der Waals surface area contributed by atoms with Gasteiger partial charge in [-0.1, -0.05) is 33.1 Å². The summed E-state index contributed by atoms with van der Waals surface area (Å²) >= 11 is 1.67. The van der Waals surface area contributed by atoms with Crippen LogP contribution in [0.25, 0.3) is 0 Å². The van der Waals surface area contributed by atoms with Crippen LogP contribution >= 0.6 is 11.3 Å². The molecule has 0 bridgehead atoms. The minimum absolute atomic E-state index is 0.00851. The molecule has 0 spiro atoms. The Balaban J connectivity index is 1.56. The number of carbonyl (C=O) groups is 2. The quantitative estimate of drug-likeness (QED) is 0.851. The van der Waals surface area contributed by atoms with Crippen LogP contribution in [0.1, 0.15) is 75.4 Å². The summed E-state index contributed by atoms with van der Waals surface area (Å²) in [6.07, 6.45) is 7.97. The minimum Gasteiger partial charge on any atom is -0.350 e. The summed E-state index contributed by atoms with van der Waals surface area (Å²) in [5.74, 6) is 1.01. The number of amides is 2. The molecule has 1 saturated carbocycles. The number of hydrogen-bond acceptors (Lipinski definition) is 4. The second kappa shape index (κ2) is 8.98. The predicted octanol–water partition coefficient (Wildman–Crippen LogP) is 3.70. The summed E-state index contributed by atoms with van der Waals surface area (Å²) in [6, 6.07) is 0. The van der Waals surface area contributed by atoms with Gasteiger partial charge >= 0.3 is 0 Å². The zero-order valence-corrected chi connectivity index (χ0v) is 16.8. The van der Waals surface area contributed by atoms with Crippen molar-refractivity contribution >= 4 is 23.2 Å². The Kier molecular flexibility index (Phi) is 6.68. The number of nitrogens with one attached hydrogen (secondary N) is 1.